The average molecular weight is 305 g/mol. The van der Waals surface area contributed by atoms with Crippen molar-refractivity contribution in [2.24, 2.45) is 0 Å². The van der Waals surface area contributed by atoms with Gasteiger partial charge in [0.1, 0.15) is 5.82 Å². The van der Waals surface area contributed by atoms with Crippen LogP contribution in [0.4, 0.5) is 11.5 Å². The number of aromatic nitrogens is 1. The monoisotopic (exact) mass is 305 g/mol. The van der Waals surface area contributed by atoms with Crippen LogP contribution in [-0.2, 0) is 4.74 Å². The molecule has 0 amide bonds. The molecule has 0 fully saturated rings. The van der Waals surface area contributed by atoms with E-state index in [1.54, 1.807) is 24.3 Å². The quantitative estimate of drug-likeness (QED) is 0.799. The van der Waals surface area contributed by atoms with E-state index in [4.69, 9.17) is 10.5 Å². The number of pyridine rings is 1. The third-order valence-electron chi connectivity index (χ3n) is 3.05. The van der Waals surface area contributed by atoms with Gasteiger partial charge in [-0.2, -0.15) is 0 Å². The van der Waals surface area contributed by atoms with Crippen LogP contribution in [-0.4, -0.2) is 17.6 Å². The number of hydrogen-bond acceptors (Lipinski definition) is 6. The van der Waals surface area contributed by atoms with Gasteiger partial charge in [0.05, 0.1) is 30.1 Å². The Hall–Kier alpha value is -2.08. The molecule has 2 aromatic heterocycles. The molecule has 0 aromatic carbocycles. The molecule has 0 bridgehead atoms. The highest BCUT2D eigenvalue weighted by Crippen LogP contribution is 2.26. The van der Waals surface area contributed by atoms with Gasteiger partial charge in [-0.3, -0.25) is 0 Å². The molecule has 0 aliphatic heterocycles. The summed E-state index contributed by atoms with van der Waals surface area (Å²) in [6.07, 6.45) is 2.40. The van der Waals surface area contributed by atoms with Gasteiger partial charge < -0.3 is 15.8 Å². The lowest BCUT2D eigenvalue weighted by atomic mass is 10.1. The third kappa shape index (κ3) is 3.72. The second-order valence-corrected chi connectivity index (χ2v) is 5.48. The Morgan fingerprint density at radius 1 is 1.52 bits per heavy atom. The summed E-state index contributed by atoms with van der Waals surface area (Å²) in [4.78, 5) is 17.3. The largest absolute Gasteiger partial charge is 0.462 e. The van der Waals surface area contributed by atoms with Crippen molar-refractivity contribution in [2.75, 3.05) is 17.7 Å². The van der Waals surface area contributed by atoms with Crippen molar-refractivity contribution in [1.82, 2.24) is 4.98 Å². The molecule has 0 spiro atoms. The molecule has 0 radical (unpaired) electrons. The molecular formula is C15H19N3O2S. The zero-order valence-corrected chi connectivity index (χ0v) is 12.9. The van der Waals surface area contributed by atoms with E-state index >= 15 is 0 Å². The first-order valence-corrected chi connectivity index (χ1v) is 7.76. The Bertz CT molecular complexity index is 599. The van der Waals surface area contributed by atoms with Crippen molar-refractivity contribution < 1.29 is 9.53 Å². The highest BCUT2D eigenvalue weighted by molar-refractivity contribution is 7.10. The van der Waals surface area contributed by atoms with Gasteiger partial charge in [-0.15, -0.1) is 11.3 Å². The second kappa shape index (κ2) is 7.08. The zero-order chi connectivity index (χ0) is 15.2. The standard InChI is InChI=1S/C15H19N3O2S/c1-3-12(13-6-5-7-21-13)18-14-8-10(11(16)9-17-14)15(19)20-4-2/h5-9,12H,3-4,16H2,1-2H3,(H,17,18). The van der Waals surface area contributed by atoms with Gasteiger partial charge in [-0.1, -0.05) is 13.0 Å². The Kier molecular flexibility index (Phi) is 5.16. The molecule has 3 N–H and O–H groups in total. The van der Waals surface area contributed by atoms with Crippen LogP contribution in [0.2, 0.25) is 0 Å². The van der Waals surface area contributed by atoms with E-state index < -0.39 is 5.97 Å². The number of nitrogens with one attached hydrogen (secondary N) is 1. The topological polar surface area (TPSA) is 77.2 Å². The number of ether oxygens (including phenoxy) is 1. The molecule has 112 valence electrons. The van der Waals surface area contributed by atoms with Crippen LogP contribution in [0.15, 0.2) is 29.8 Å². The first kappa shape index (κ1) is 15.3. The average Bonchev–Trinajstić information content (AvgIpc) is 3.00. The van der Waals surface area contributed by atoms with Gasteiger partial charge in [-0.25, -0.2) is 9.78 Å². The molecule has 0 aliphatic rings. The van der Waals surface area contributed by atoms with Crippen molar-refractivity contribution >= 4 is 28.8 Å². The molecule has 1 atom stereocenters. The van der Waals surface area contributed by atoms with Crippen molar-refractivity contribution in [3.05, 3.63) is 40.2 Å². The Morgan fingerprint density at radius 2 is 2.33 bits per heavy atom. The fourth-order valence-corrected chi connectivity index (χ4v) is 2.83. The van der Waals surface area contributed by atoms with E-state index in [9.17, 15) is 4.79 Å². The summed E-state index contributed by atoms with van der Waals surface area (Å²) in [7, 11) is 0. The predicted molar refractivity (Wildman–Crippen MR) is 85.6 cm³/mol. The van der Waals surface area contributed by atoms with Gasteiger partial charge in [0.25, 0.3) is 0 Å². The summed E-state index contributed by atoms with van der Waals surface area (Å²) in [6, 6.07) is 5.90. The van der Waals surface area contributed by atoms with Crippen molar-refractivity contribution in [1.29, 1.82) is 0 Å². The molecule has 5 nitrogen and oxygen atoms in total. The zero-order valence-electron chi connectivity index (χ0n) is 12.1. The van der Waals surface area contributed by atoms with E-state index in [2.05, 4.69) is 23.3 Å². The molecule has 6 heteroatoms. The van der Waals surface area contributed by atoms with Gasteiger partial charge >= 0.3 is 5.97 Å². The lowest BCUT2D eigenvalue weighted by Crippen LogP contribution is -2.13. The maximum atomic E-state index is 11.8. The summed E-state index contributed by atoms with van der Waals surface area (Å²) in [5, 5.41) is 5.37. The minimum atomic E-state index is -0.426. The molecular weight excluding hydrogens is 286 g/mol. The molecule has 1 unspecified atom stereocenters. The Labute approximate surface area is 128 Å². The summed E-state index contributed by atoms with van der Waals surface area (Å²) in [6.45, 7) is 4.18. The Balaban J connectivity index is 2.20. The van der Waals surface area contributed by atoms with Crippen molar-refractivity contribution in [3.8, 4) is 0 Å². The van der Waals surface area contributed by atoms with E-state index in [1.807, 2.05) is 11.4 Å². The number of hydrogen-bond donors (Lipinski definition) is 2. The predicted octanol–water partition coefficient (Wildman–Crippen LogP) is 3.47. The molecule has 0 saturated heterocycles. The number of nitrogens with two attached hydrogens (primary N) is 1. The molecule has 0 saturated carbocycles. The summed E-state index contributed by atoms with van der Waals surface area (Å²) < 4.78 is 4.99. The molecule has 21 heavy (non-hydrogen) atoms. The fraction of sp³-hybridized carbons (Fsp3) is 0.333. The number of esters is 1. The number of carbonyl (C=O) groups is 1. The number of nitrogens with zero attached hydrogens (tertiary/aromatic N) is 1. The van der Waals surface area contributed by atoms with Gasteiger partial charge in [0.15, 0.2) is 0 Å². The number of rotatable bonds is 6. The first-order valence-electron chi connectivity index (χ1n) is 6.88. The van der Waals surface area contributed by atoms with E-state index in [0.717, 1.165) is 6.42 Å². The fourth-order valence-electron chi connectivity index (χ4n) is 1.97. The summed E-state index contributed by atoms with van der Waals surface area (Å²) in [5.74, 6) is 0.192. The van der Waals surface area contributed by atoms with Crippen LogP contribution in [0.25, 0.3) is 0 Å². The SMILES string of the molecule is CCOC(=O)c1cc(NC(CC)c2cccs2)ncc1N. The highest BCUT2D eigenvalue weighted by atomic mass is 32.1. The van der Waals surface area contributed by atoms with Crippen LogP contribution in [0.1, 0.15) is 41.5 Å². The van der Waals surface area contributed by atoms with E-state index in [1.165, 1.54) is 11.1 Å². The molecule has 0 aliphatic carbocycles. The Morgan fingerprint density at radius 3 is 2.95 bits per heavy atom. The normalized spacial score (nSPS) is 11.9. The van der Waals surface area contributed by atoms with Gasteiger partial charge in [0, 0.05) is 4.88 Å². The maximum absolute atomic E-state index is 11.8. The summed E-state index contributed by atoms with van der Waals surface area (Å²) in [5.41, 5.74) is 6.45. The maximum Gasteiger partial charge on any atom is 0.340 e. The van der Waals surface area contributed by atoms with Gasteiger partial charge in [0.2, 0.25) is 0 Å². The van der Waals surface area contributed by atoms with Crippen molar-refractivity contribution in [3.63, 3.8) is 0 Å². The van der Waals surface area contributed by atoms with Crippen LogP contribution in [0.3, 0.4) is 0 Å². The lowest BCUT2D eigenvalue weighted by molar-refractivity contribution is 0.0527. The second-order valence-electron chi connectivity index (χ2n) is 4.50. The van der Waals surface area contributed by atoms with Crippen molar-refractivity contribution in [2.45, 2.75) is 26.3 Å². The number of thiophene rings is 1. The smallest absolute Gasteiger partial charge is 0.340 e. The van der Waals surface area contributed by atoms with Gasteiger partial charge in [-0.05, 0) is 30.9 Å². The van der Waals surface area contributed by atoms with Crippen LogP contribution < -0.4 is 11.1 Å². The molecule has 2 rings (SSSR count). The minimum absolute atomic E-state index is 0.163. The summed E-state index contributed by atoms with van der Waals surface area (Å²) >= 11 is 1.69. The van der Waals surface area contributed by atoms with Crippen LogP contribution in [0.5, 0.6) is 0 Å². The first-order chi connectivity index (χ1) is 10.2. The highest BCUT2D eigenvalue weighted by Gasteiger charge is 2.15. The molecule has 2 heterocycles. The van der Waals surface area contributed by atoms with Crippen LogP contribution >= 0.6 is 11.3 Å². The van der Waals surface area contributed by atoms with E-state index in [-0.39, 0.29) is 6.04 Å². The number of carbonyl (C=O) groups excluding carboxylic acids is 1. The minimum Gasteiger partial charge on any atom is -0.462 e. The van der Waals surface area contributed by atoms with Crippen LogP contribution in [0, 0.1) is 0 Å². The number of anilines is 2. The van der Waals surface area contributed by atoms with E-state index in [0.29, 0.717) is 23.7 Å². The molecule has 2 aromatic rings. The third-order valence-corrected chi connectivity index (χ3v) is 4.03. The lowest BCUT2D eigenvalue weighted by Gasteiger charge is -2.17. The number of nitrogen functional groups attached to an aromatic ring is 1.